The molecule has 0 bridgehead atoms. The monoisotopic (exact) mass is 356 g/mol. The highest BCUT2D eigenvalue weighted by Gasteiger charge is 2.27. The number of amides is 1. The summed E-state index contributed by atoms with van der Waals surface area (Å²) in [6, 6.07) is 10.5. The van der Waals surface area contributed by atoms with E-state index in [-0.39, 0.29) is 12.5 Å². The third-order valence-electron chi connectivity index (χ3n) is 4.98. The summed E-state index contributed by atoms with van der Waals surface area (Å²) in [5.41, 5.74) is 4.00. The molecule has 0 spiro atoms. The van der Waals surface area contributed by atoms with Crippen molar-refractivity contribution in [1.82, 2.24) is 20.4 Å². The Labute approximate surface area is 154 Å². The average Bonchev–Trinajstić information content (AvgIpc) is 2.99. The molecular formula is C20H28N4O2. The molecule has 1 aliphatic rings. The second-order valence-corrected chi connectivity index (χ2v) is 6.86. The molecule has 3 N–H and O–H groups in total. The van der Waals surface area contributed by atoms with Crippen LogP contribution in [0.1, 0.15) is 40.2 Å². The molecular weight excluding hydrogens is 328 g/mol. The van der Waals surface area contributed by atoms with E-state index in [1.807, 2.05) is 29.9 Å². The van der Waals surface area contributed by atoms with Gasteiger partial charge in [-0.3, -0.25) is 9.48 Å². The van der Waals surface area contributed by atoms with Gasteiger partial charge in [-0.05, 0) is 44.2 Å². The fourth-order valence-corrected chi connectivity index (χ4v) is 3.58. The Morgan fingerprint density at radius 2 is 2.12 bits per heavy atom. The van der Waals surface area contributed by atoms with Crippen LogP contribution in [0.4, 0.5) is 0 Å². The summed E-state index contributed by atoms with van der Waals surface area (Å²) >= 11 is 0. The van der Waals surface area contributed by atoms with Crippen LogP contribution < -0.4 is 10.6 Å². The van der Waals surface area contributed by atoms with Gasteiger partial charge in [0.15, 0.2) is 5.69 Å². The third kappa shape index (κ3) is 4.51. The van der Waals surface area contributed by atoms with E-state index >= 15 is 0 Å². The standard InChI is InChI=1S/C20H28N4O2/c1-24-18-9-8-16(21-11-5-13-25)14-17(18)19(23-24)20(26)22-12-10-15-6-3-2-4-7-15/h2-4,6-7,16,21,25H,5,8-14H2,1H3,(H,22,26). The molecule has 1 atom stereocenters. The maximum atomic E-state index is 12.6. The van der Waals surface area contributed by atoms with Crippen LogP contribution in [0.5, 0.6) is 0 Å². The summed E-state index contributed by atoms with van der Waals surface area (Å²) in [5, 5.41) is 19.9. The number of benzene rings is 1. The number of nitrogens with one attached hydrogen (secondary N) is 2. The first kappa shape index (κ1) is 18.6. The van der Waals surface area contributed by atoms with Gasteiger partial charge in [0, 0.05) is 37.5 Å². The van der Waals surface area contributed by atoms with Gasteiger partial charge < -0.3 is 15.7 Å². The van der Waals surface area contributed by atoms with E-state index in [4.69, 9.17) is 5.11 Å². The minimum atomic E-state index is -0.0891. The van der Waals surface area contributed by atoms with E-state index in [0.717, 1.165) is 44.2 Å². The Kier molecular flexibility index (Phi) is 6.41. The van der Waals surface area contributed by atoms with Gasteiger partial charge in [0.05, 0.1) is 0 Å². The predicted molar refractivity (Wildman–Crippen MR) is 101 cm³/mol. The van der Waals surface area contributed by atoms with Crippen molar-refractivity contribution in [2.45, 2.75) is 38.1 Å². The number of rotatable bonds is 8. The quantitative estimate of drug-likeness (QED) is 0.622. The van der Waals surface area contributed by atoms with Gasteiger partial charge in [-0.1, -0.05) is 30.3 Å². The maximum Gasteiger partial charge on any atom is 0.272 e. The van der Waals surface area contributed by atoms with Crippen LogP contribution in [0.2, 0.25) is 0 Å². The van der Waals surface area contributed by atoms with E-state index in [1.54, 1.807) is 0 Å². The third-order valence-corrected chi connectivity index (χ3v) is 4.98. The van der Waals surface area contributed by atoms with Crippen molar-refractivity contribution in [2.75, 3.05) is 19.7 Å². The minimum Gasteiger partial charge on any atom is -0.396 e. The van der Waals surface area contributed by atoms with Crippen molar-refractivity contribution in [3.05, 3.63) is 52.8 Å². The van der Waals surface area contributed by atoms with E-state index < -0.39 is 0 Å². The lowest BCUT2D eigenvalue weighted by Crippen LogP contribution is -2.36. The Morgan fingerprint density at radius 1 is 1.31 bits per heavy atom. The molecule has 2 aromatic rings. The molecule has 0 saturated carbocycles. The number of carbonyl (C=O) groups excluding carboxylic acids is 1. The van der Waals surface area contributed by atoms with Crippen LogP contribution in [0.15, 0.2) is 30.3 Å². The second kappa shape index (κ2) is 8.96. The van der Waals surface area contributed by atoms with E-state index in [0.29, 0.717) is 18.3 Å². The largest absolute Gasteiger partial charge is 0.396 e. The zero-order chi connectivity index (χ0) is 18.4. The first-order valence-electron chi connectivity index (χ1n) is 9.40. The molecule has 3 rings (SSSR count). The molecule has 0 saturated heterocycles. The van der Waals surface area contributed by atoms with Gasteiger partial charge in [-0.2, -0.15) is 5.10 Å². The molecule has 6 nitrogen and oxygen atoms in total. The summed E-state index contributed by atoms with van der Waals surface area (Å²) in [5.74, 6) is -0.0891. The van der Waals surface area contributed by atoms with Crippen molar-refractivity contribution in [1.29, 1.82) is 0 Å². The molecule has 1 aromatic heterocycles. The lowest BCUT2D eigenvalue weighted by Gasteiger charge is -2.24. The normalized spacial score (nSPS) is 16.3. The number of fused-ring (bicyclic) bond motifs is 1. The number of aryl methyl sites for hydroxylation is 1. The molecule has 6 heteroatoms. The Balaban J connectivity index is 1.60. The van der Waals surface area contributed by atoms with Gasteiger partial charge in [0.2, 0.25) is 0 Å². The lowest BCUT2D eigenvalue weighted by atomic mass is 9.91. The highest BCUT2D eigenvalue weighted by atomic mass is 16.3. The summed E-state index contributed by atoms with van der Waals surface area (Å²) in [4.78, 5) is 12.6. The van der Waals surface area contributed by atoms with Gasteiger partial charge >= 0.3 is 0 Å². The van der Waals surface area contributed by atoms with Gasteiger partial charge in [-0.25, -0.2) is 0 Å². The van der Waals surface area contributed by atoms with E-state index in [1.165, 1.54) is 11.3 Å². The van der Waals surface area contributed by atoms with Crippen LogP contribution in [0.25, 0.3) is 0 Å². The average molecular weight is 356 g/mol. The molecule has 0 aliphatic heterocycles. The zero-order valence-corrected chi connectivity index (χ0v) is 15.4. The Bertz CT molecular complexity index is 727. The van der Waals surface area contributed by atoms with Gasteiger partial charge in [0.25, 0.3) is 5.91 Å². The molecule has 1 heterocycles. The van der Waals surface area contributed by atoms with Crippen molar-refractivity contribution in [2.24, 2.45) is 7.05 Å². The van der Waals surface area contributed by atoms with Crippen molar-refractivity contribution < 1.29 is 9.90 Å². The number of hydrogen-bond donors (Lipinski definition) is 3. The maximum absolute atomic E-state index is 12.6. The van der Waals surface area contributed by atoms with Crippen LogP contribution in [0, 0.1) is 0 Å². The molecule has 0 radical (unpaired) electrons. The smallest absolute Gasteiger partial charge is 0.272 e. The summed E-state index contributed by atoms with van der Waals surface area (Å²) in [7, 11) is 1.92. The van der Waals surface area contributed by atoms with Crippen molar-refractivity contribution >= 4 is 5.91 Å². The van der Waals surface area contributed by atoms with Gasteiger partial charge in [0.1, 0.15) is 0 Å². The van der Waals surface area contributed by atoms with Crippen LogP contribution in [-0.4, -0.2) is 46.5 Å². The highest BCUT2D eigenvalue weighted by molar-refractivity contribution is 5.94. The number of carbonyl (C=O) groups is 1. The second-order valence-electron chi connectivity index (χ2n) is 6.86. The molecule has 26 heavy (non-hydrogen) atoms. The Hall–Kier alpha value is -2.18. The van der Waals surface area contributed by atoms with Crippen LogP contribution in [0.3, 0.4) is 0 Å². The fraction of sp³-hybridized carbons (Fsp3) is 0.500. The summed E-state index contributed by atoms with van der Waals surface area (Å²) in [6.45, 7) is 1.61. The molecule has 1 amide bonds. The number of aliphatic hydroxyl groups is 1. The topological polar surface area (TPSA) is 79.2 Å². The molecule has 1 aromatic carbocycles. The minimum absolute atomic E-state index is 0.0891. The number of hydrogen-bond acceptors (Lipinski definition) is 4. The molecule has 1 aliphatic carbocycles. The van der Waals surface area contributed by atoms with E-state index in [2.05, 4.69) is 27.9 Å². The van der Waals surface area contributed by atoms with Crippen molar-refractivity contribution in [3.8, 4) is 0 Å². The SMILES string of the molecule is Cn1nc(C(=O)NCCc2ccccc2)c2c1CCC(NCCCO)C2. The fourth-order valence-electron chi connectivity index (χ4n) is 3.58. The summed E-state index contributed by atoms with van der Waals surface area (Å²) < 4.78 is 1.85. The molecule has 1 unspecified atom stereocenters. The summed E-state index contributed by atoms with van der Waals surface area (Å²) in [6.07, 6.45) is 4.34. The van der Waals surface area contributed by atoms with E-state index in [9.17, 15) is 4.79 Å². The lowest BCUT2D eigenvalue weighted by molar-refractivity contribution is 0.0947. The highest BCUT2D eigenvalue weighted by Crippen LogP contribution is 2.24. The number of nitrogens with zero attached hydrogens (tertiary/aromatic N) is 2. The molecule has 140 valence electrons. The molecule has 0 fully saturated rings. The predicted octanol–water partition coefficient (Wildman–Crippen LogP) is 1.22. The van der Waals surface area contributed by atoms with Crippen molar-refractivity contribution in [3.63, 3.8) is 0 Å². The van der Waals surface area contributed by atoms with Crippen LogP contribution >= 0.6 is 0 Å². The first-order valence-corrected chi connectivity index (χ1v) is 9.40. The van der Waals surface area contributed by atoms with Gasteiger partial charge in [-0.15, -0.1) is 0 Å². The Morgan fingerprint density at radius 3 is 2.88 bits per heavy atom. The zero-order valence-electron chi connectivity index (χ0n) is 15.4. The number of aliphatic hydroxyl groups excluding tert-OH is 1. The first-order chi connectivity index (χ1) is 12.7. The van der Waals surface area contributed by atoms with Crippen LogP contribution in [-0.2, 0) is 26.3 Å². The number of aromatic nitrogens is 2.